The molecule has 0 unspecified atom stereocenters. The van der Waals surface area contributed by atoms with E-state index < -0.39 is 11.7 Å². The number of halogens is 3. The minimum Gasteiger partial charge on any atom is -0.493 e. The smallest absolute Gasteiger partial charge is 0.406 e. The number of ether oxygens (including phenoxy) is 1. The van der Waals surface area contributed by atoms with Crippen LogP contribution >= 0.6 is 0 Å². The monoisotopic (exact) mass is 285 g/mol. The van der Waals surface area contributed by atoms with Crippen molar-refractivity contribution >= 4 is 11.0 Å². The van der Waals surface area contributed by atoms with Crippen molar-refractivity contribution in [3.8, 4) is 5.75 Å². The average Bonchev–Trinajstić information content (AvgIpc) is 3.09. The van der Waals surface area contributed by atoms with Crippen LogP contribution in [-0.4, -0.2) is 18.8 Å². The third-order valence-corrected chi connectivity index (χ3v) is 3.67. The van der Waals surface area contributed by atoms with Gasteiger partial charge in [0.05, 0.1) is 13.7 Å². The van der Waals surface area contributed by atoms with Crippen molar-refractivity contribution < 1.29 is 22.3 Å². The lowest BCUT2D eigenvalue weighted by Gasteiger charge is -2.19. The van der Waals surface area contributed by atoms with Crippen molar-refractivity contribution in [3.63, 3.8) is 0 Å². The minimum atomic E-state index is -4.21. The summed E-state index contributed by atoms with van der Waals surface area (Å²) in [6, 6.07) is 7.13. The Balaban J connectivity index is 1.79. The third kappa shape index (κ3) is 2.14. The molecule has 6 heteroatoms. The molecule has 1 N–H and O–H groups in total. The summed E-state index contributed by atoms with van der Waals surface area (Å²) in [6.07, 6.45) is -3.96. The molecular weight excluding hydrogens is 271 g/mol. The first-order valence-electron chi connectivity index (χ1n) is 6.32. The van der Waals surface area contributed by atoms with Crippen molar-refractivity contribution in [3.05, 3.63) is 30.0 Å². The number of para-hydroxylation sites is 1. The van der Waals surface area contributed by atoms with E-state index in [0.717, 1.165) is 5.39 Å². The molecule has 0 radical (unpaired) electrons. The van der Waals surface area contributed by atoms with E-state index in [2.05, 4.69) is 5.32 Å². The highest BCUT2D eigenvalue weighted by Gasteiger charge is 2.63. The molecule has 0 aliphatic heterocycles. The lowest BCUT2D eigenvalue weighted by molar-refractivity contribution is -0.166. The number of nitrogens with one attached hydrogen (secondary N) is 1. The number of methoxy groups -OCH3 is 1. The first kappa shape index (κ1) is 13.3. The van der Waals surface area contributed by atoms with Gasteiger partial charge in [0.1, 0.15) is 11.3 Å². The summed E-state index contributed by atoms with van der Waals surface area (Å²) in [5.41, 5.74) is -1.17. The first-order chi connectivity index (χ1) is 9.45. The maximum Gasteiger partial charge on any atom is 0.406 e. The van der Waals surface area contributed by atoms with Crippen molar-refractivity contribution in [2.24, 2.45) is 0 Å². The quantitative estimate of drug-likeness (QED) is 0.931. The van der Waals surface area contributed by atoms with E-state index in [1.165, 1.54) is 7.11 Å². The zero-order valence-electron chi connectivity index (χ0n) is 10.9. The standard InChI is InChI=1S/C14H14F3NO2/c1-19-11-4-2-3-9-7-10(20-12(9)11)8-18-13(5-6-13)14(15,16)17/h2-4,7,18H,5-6,8H2,1H3. The summed E-state index contributed by atoms with van der Waals surface area (Å²) in [5.74, 6) is 1.05. The summed E-state index contributed by atoms with van der Waals surface area (Å²) in [7, 11) is 1.53. The molecule has 1 heterocycles. The van der Waals surface area contributed by atoms with E-state index in [1.807, 2.05) is 12.1 Å². The molecule has 1 aliphatic carbocycles. The fourth-order valence-corrected chi connectivity index (χ4v) is 2.28. The highest BCUT2D eigenvalue weighted by molar-refractivity contribution is 5.83. The molecule has 1 fully saturated rings. The molecule has 1 aromatic heterocycles. The van der Waals surface area contributed by atoms with Crippen LogP contribution in [0.2, 0.25) is 0 Å². The van der Waals surface area contributed by atoms with Gasteiger partial charge in [0, 0.05) is 5.39 Å². The highest BCUT2D eigenvalue weighted by Crippen LogP contribution is 2.49. The Kier molecular flexibility index (Phi) is 2.93. The van der Waals surface area contributed by atoms with Crippen LogP contribution in [-0.2, 0) is 6.54 Å². The van der Waals surface area contributed by atoms with Gasteiger partial charge in [0.25, 0.3) is 0 Å². The Morgan fingerprint density at radius 3 is 2.70 bits per heavy atom. The lowest BCUT2D eigenvalue weighted by atomic mass is 10.2. The molecule has 3 nitrogen and oxygen atoms in total. The number of rotatable bonds is 4. The Labute approximate surface area is 113 Å². The van der Waals surface area contributed by atoms with Crippen LogP contribution in [0.4, 0.5) is 13.2 Å². The molecule has 1 aromatic carbocycles. The van der Waals surface area contributed by atoms with E-state index in [-0.39, 0.29) is 19.4 Å². The number of benzene rings is 1. The zero-order valence-corrected chi connectivity index (χ0v) is 10.9. The maximum atomic E-state index is 12.8. The van der Waals surface area contributed by atoms with Crippen LogP contribution in [0.3, 0.4) is 0 Å². The van der Waals surface area contributed by atoms with E-state index in [4.69, 9.17) is 9.15 Å². The summed E-state index contributed by atoms with van der Waals surface area (Å²) in [5, 5.41) is 3.38. The van der Waals surface area contributed by atoms with E-state index >= 15 is 0 Å². The largest absolute Gasteiger partial charge is 0.493 e. The van der Waals surface area contributed by atoms with Gasteiger partial charge in [-0.2, -0.15) is 13.2 Å². The molecule has 108 valence electrons. The molecule has 0 atom stereocenters. The molecular formula is C14H14F3NO2. The topological polar surface area (TPSA) is 34.4 Å². The summed E-state index contributed by atoms with van der Waals surface area (Å²) >= 11 is 0. The molecule has 1 saturated carbocycles. The van der Waals surface area contributed by atoms with Gasteiger partial charge in [-0.05, 0) is 25.0 Å². The predicted molar refractivity (Wildman–Crippen MR) is 67.6 cm³/mol. The number of furan rings is 1. The van der Waals surface area contributed by atoms with Crippen LogP contribution in [0.15, 0.2) is 28.7 Å². The van der Waals surface area contributed by atoms with Crippen LogP contribution in [0.25, 0.3) is 11.0 Å². The zero-order chi connectivity index (χ0) is 14.4. The number of hydrogen-bond acceptors (Lipinski definition) is 3. The fourth-order valence-electron chi connectivity index (χ4n) is 2.28. The third-order valence-electron chi connectivity index (χ3n) is 3.67. The molecule has 0 saturated heterocycles. The summed E-state index contributed by atoms with van der Waals surface area (Å²) < 4.78 is 49.2. The number of hydrogen-bond donors (Lipinski definition) is 1. The SMILES string of the molecule is COc1cccc2cc(CNC3(C(F)(F)F)CC3)oc12. The minimum absolute atomic E-state index is 0.0529. The van der Waals surface area contributed by atoms with Crippen molar-refractivity contribution in [1.82, 2.24) is 5.32 Å². The van der Waals surface area contributed by atoms with Gasteiger partial charge in [-0.1, -0.05) is 12.1 Å². The molecule has 0 bridgehead atoms. The van der Waals surface area contributed by atoms with Crippen molar-refractivity contribution in [2.45, 2.75) is 31.1 Å². The van der Waals surface area contributed by atoms with E-state index in [0.29, 0.717) is 17.1 Å². The Morgan fingerprint density at radius 1 is 1.35 bits per heavy atom. The molecule has 20 heavy (non-hydrogen) atoms. The van der Waals surface area contributed by atoms with Crippen LogP contribution in [0, 0.1) is 0 Å². The fraction of sp³-hybridized carbons (Fsp3) is 0.429. The predicted octanol–water partition coefficient (Wildman–Crippen LogP) is 3.63. The second-order valence-electron chi connectivity index (χ2n) is 5.02. The van der Waals surface area contributed by atoms with Crippen LogP contribution in [0.5, 0.6) is 5.75 Å². The maximum absolute atomic E-state index is 12.8. The average molecular weight is 285 g/mol. The molecule has 0 amide bonds. The van der Waals surface area contributed by atoms with E-state index in [1.54, 1.807) is 12.1 Å². The Morgan fingerprint density at radius 2 is 2.10 bits per heavy atom. The molecule has 3 rings (SSSR count). The summed E-state index contributed by atoms with van der Waals surface area (Å²) in [6.45, 7) is 0.0529. The van der Waals surface area contributed by atoms with Gasteiger partial charge >= 0.3 is 6.18 Å². The lowest BCUT2D eigenvalue weighted by Crippen LogP contribution is -2.44. The Bertz CT molecular complexity index is 629. The second kappa shape index (κ2) is 4.41. The van der Waals surface area contributed by atoms with Crippen molar-refractivity contribution in [2.75, 3.05) is 7.11 Å². The second-order valence-corrected chi connectivity index (χ2v) is 5.02. The number of fused-ring (bicyclic) bond motifs is 1. The first-order valence-corrected chi connectivity index (χ1v) is 6.32. The van der Waals surface area contributed by atoms with Gasteiger partial charge in [0.15, 0.2) is 11.3 Å². The van der Waals surface area contributed by atoms with Gasteiger partial charge in [-0.25, -0.2) is 0 Å². The van der Waals surface area contributed by atoms with Gasteiger partial charge in [0.2, 0.25) is 0 Å². The molecule has 0 spiro atoms. The van der Waals surface area contributed by atoms with Gasteiger partial charge in [-0.15, -0.1) is 0 Å². The normalized spacial score (nSPS) is 17.4. The van der Waals surface area contributed by atoms with Gasteiger partial charge in [-0.3, -0.25) is 5.32 Å². The van der Waals surface area contributed by atoms with Gasteiger partial charge < -0.3 is 9.15 Å². The van der Waals surface area contributed by atoms with Crippen LogP contribution < -0.4 is 10.1 Å². The molecule has 2 aromatic rings. The van der Waals surface area contributed by atoms with Crippen LogP contribution in [0.1, 0.15) is 18.6 Å². The number of alkyl halides is 3. The highest BCUT2D eigenvalue weighted by atomic mass is 19.4. The summed E-state index contributed by atoms with van der Waals surface area (Å²) in [4.78, 5) is 0. The molecule has 1 aliphatic rings. The van der Waals surface area contributed by atoms with Crippen molar-refractivity contribution in [1.29, 1.82) is 0 Å². The Hall–Kier alpha value is -1.69. The van der Waals surface area contributed by atoms with E-state index in [9.17, 15) is 13.2 Å².